The van der Waals surface area contributed by atoms with Crippen LogP contribution in [0, 0.1) is 5.92 Å². The fourth-order valence-corrected chi connectivity index (χ4v) is 2.95. The van der Waals surface area contributed by atoms with Gasteiger partial charge in [0, 0.05) is 11.0 Å². The third kappa shape index (κ3) is 6.44. The second-order valence-electron chi connectivity index (χ2n) is 6.77. The lowest BCUT2D eigenvalue weighted by molar-refractivity contribution is 0.0947. The van der Waals surface area contributed by atoms with Gasteiger partial charge < -0.3 is 19.5 Å². The summed E-state index contributed by atoms with van der Waals surface area (Å²) in [6.45, 7) is 7.73. The molecule has 0 aliphatic carbocycles. The van der Waals surface area contributed by atoms with Crippen LogP contribution in [0.15, 0.2) is 40.9 Å². The highest BCUT2D eigenvalue weighted by Crippen LogP contribution is 2.29. The summed E-state index contributed by atoms with van der Waals surface area (Å²) < 4.78 is 17.6. The first-order valence-electron chi connectivity index (χ1n) is 9.44. The Kier molecular flexibility index (Phi) is 8.64. The van der Waals surface area contributed by atoms with Crippen molar-refractivity contribution in [3.8, 4) is 17.2 Å². The summed E-state index contributed by atoms with van der Waals surface area (Å²) in [6, 6.07) is 11.1. The number of rotatable bonds is 10. The molecule has 0 fully saturated rings. The number of hydrogen-bond donors (Lipinski definition) is 1. The number of benzene rings is 2. The van der Waals surface area contributed by atoms with Crippen molar-refractivity contribution in [2.45, 2.75) is 33.7 Å². The smallest absolute Gasteiger partial charge is 0.255 e. The van der Waals surface area contributed by atoms with Gasteiger partial charge in [0.05, 0.1) is 25.9 Å². The van der Waals surface area contributed by atoms with Crippen LogP contribution < -0.4 is 19.5 Å². The first-order chi connectivity index (χ1) is 13.4. The number of ether oxygens (including phenoxy) is 3. The van der Waals surface area contributed by atoms with Gasteiger partial charge in [0.2, 0.25) is 0 Å². The molecule has 6 heteroatoms. The summed E-state index contributed by atoms with van der Waals surface area (Å²) in [4.78, 5) is 12.6. The lowest BCUT2D eigenvalue weighted by Gasteiger charge is -2.14. The maximum absolute atomic E-state index is 12.6. The molecule has 152 valence electrons. The minimum Gasteiger partial charge on any atom is -0.493 e. The number of carbonyl (C=O) groups excluding carboxylic acids is 1. The molecule has 0 aliphatic heterocycles. The molecule has 0 heterocycles. The maximum atomic E-state index is 12.6. The van der Waals surface area contributed by atoms with Crippen molar-refractivity contribution in [3.05, 3.63) is 52.0 Å². The van der Waals surface area contributed by atoms with Gasteiger partial charge in [-0.2, -0.15) is 0 Å². The average Bonchev–Trinajstić information content (AvgIpc) is 2.68. The van der Waals surface area contributed by atoms with Gasteiger partial charge >= 0.3 is 0 Å². The lowest BCUT2D eigenvalue weighted by atomic mass is 10.1. The fourth-order valence-electron chi connectivity index (χ4n) is 2.58. The first kappa shape index (κ1) is 22.1. The van der Waals surface area contributed by atoms with Crippen LogP contribution in [-0.4, -0.2) is 26.2 Å². The quantitative estimate of drug-likeness (QED) is 0.540. The van der Waals surface area contributed by atoms with E-state index in [1.807, 2.05) is 31.2 Å². The number of carbonyl (C=O) groups is 1. The van der Waals surface area contributed by atoms with Crippen molar-refractivity contribution < 1.29 is 19.0 Å². The van der Waals surface area contributed by atoms with Gasteiger partial charge in [0.1, 0.15) is 5.75 Å². The normalized spacial score (nSPS) is 10.6. The third-order valence-electron chi connectivity index (χ3n) is 4.12. The van der Waals surface area contributed by atoms with Crippen LogP contribution in [0.4, 0.5) is 0 Å². The van der Waals surface area contributed by atoms with Crippen LogP contribution in [0.3, 0.4) is 0 Å². The van der Waals surface area contributed by atoms with Gasteiger partial charge in [-0.05, 0) is 55.2 Å². The number of methoxy groups -OCH3 is 1. The van der Waals surface area contributed by atoms with Gasteiger partial charge in [-0.25, -0.2) is 0 Å². The zero-order valence-corrected chi connectivity index (χ0v) is 18.5. The molecule has 28 heavy (non-hydrogen) atoms. The first-order valence-corrected chi connectivity index (χ1v) is 10.2. The Labute approximate surface area is 175 Å². The predicted molar refractivity (Wildman–Crippen MR) is 114 cm³/mol. The molecule has 0 saturated carbocycles. The number of nitrogens with one attached hydrogen (secondary N) is 1. The Morgan fingerprint density at radius 2 is 1.82 bits per heavy atom. The minimum absolute atomic E-state index is 0.194. The Balaban J connectivity index is 2.04. The Morgan fingerprint density at radius 1 is 1.07 bits per heavy atom. The molecule has 0 unspecified atom stereocenters. The second kappa shape index (κ2) is 11.0. The molecule has 5 nitrogen and oxygen atoms in total. The molecule has 0 bridgehead atoms. The van der Waals surface area contributed by atoms with E-state index in [1.165, 1.54) is 0 Å². The molecular weight excluding hydrogens is 422 g/mol. The van der Waals surface area contributed by atoms with E-state index in [2.05, 4.69) is 35.1 Å². The summed E-state index contributed by atoms with van der Waals surface area (Å²) in [5.41, 5.74) is 1.42. The standard InChI is InChI=1S/C22H28BrNO4/c1-5-27-19-9-7-17(23)13-18(19)22(25)24-14-16-6-8-20(21(12-16)26-4)28-11-10-15(2)3/h6-9,12-13,15H,5,10-11,14H2,1-4H3,(H,24,25). The molecule has 1 N–H and O–H groups in total. The molecule has 0 aliphatic rings. The van der Waals surface area contributed by atoms with Gasteiger partial charge in [0.15, 0.2) is 11.5 Å². The number of hydrogen-bond acceptors (Lipinski definition) is 4. The number of halogens is 1. The van der Waals surface area contributed by atoms with Gasteiger partial charge in [0.25, 0.3) is 5.91 Å². The van der Waals surface area contributed by atoms with Crippen molar-refractivity contribution in [2.75, 3.05) is 20.3 Å². The SMILES string of the molecule is CCOc1ccc(Br)cc1C(=O)NCc1ccc(OCCC(C)C)c(OC)c1. The van der Waals surface area contributed by atoms with Crippen molar-refractivity contribution in [3.63, 3.8) is 0 Å². The van der Waals surface area contributed by atoms with E-state index < -0.39 is 0 Å². The maximum Gasteiger partial charge on any atom is 0.255 e. The molecule has 0 aromatic heterocycles. The summed E-state index contributed by atoms with van der Waals surface area (Å²) in [6.07, 6.45) is 0.982. The van der Waals surface area contributed by atoms with Gasteiger partial charge in [-0.3, -0.25) is 4.79 Å². The van der Waals surface area contributed by atoms with Crippen molar-refractivity contribution >= 4 is 21.8 Å². The summed E-state index contributed by atoms with van der Waals surface area (Å²) >= 11 is 3.40. The van der Waals surface area contributed by atoms with E-state index in [0.717, 1.165) is 16.5 Å². The topological polar surface area (TPSA) is 56.8 Å². The van der Waals surface area contributed by atoms with Gasteiger partial charge in [-0.1, -0.05) is 35.8 Å². The van der Waals surface area contributed by atoms with Crippen LogP contribution in [0.5, 0.6) is 17.2 Å². The highest BCUT2D eigenvalue weighted by atomic mass is 79.9. The lowest BCUT2D eigenvalue weighted by Crippen LogP contribution is -2.23. The highest BCUT2D eigenvalue weighted by molar-refractivity contribution is 9.10. The van der Waals surface area contributed by atoms with Crippen LogP contribution in [0.2, 0.25) is 0 Å². The van der Waals surface area contributed by atoms with Crippen LogP contribution in [0.1, 0.15) is 43.1 Å². The average molecular weight is 450 g/mol. The number of amides is 1. The Hall–Kier alpha value is -2.21. The molecule has 2 aromatic carbocycles. The third-order valence-corrected chi connectivity index (χ3v) is 4.61. The van der Waals surface area contributed by atoms with E-state index >= 15 is 0 Å². The van der Waals surface area contributed by atoms with Crippen LogP contribution in [-0.2, 0) is 6.54 Å². The van der Waals surface area contributed by atoms with E-state index in [1.54, 1.807) is 19.2 Å². The van der Waals surface area contributed by atoms with E-state index in [9.17, 15) is 4.79 Å². The molecule has 1 amide bonds. The molecule has 0 radical (unpaired) electrons. The molecule has 0 atom stereocenters. The van der Waals surface area contributed by atoms with Crippen LogP contribution >= 0.6 is 15.9 Å². The fraction of sp³-hybridized carbons (Fsp3) is 0.409. The van der Waals surface area contributed by atoms with Crippen molar-refractivity contribution in [1.29, 1.82) is 0 Å². The van der Waals surface area contributed by atoms with E-state index in [-0.39, 0.29) is 5.91 Å². The largest absolute Gasteiger partial charge is 0.493 e. The zero-order chi connectivity index (χ0) is 20.5. The predicted octanol–water partition coefficient (Wildman–Crippen LogP) is 5.21. The van der Waals surface area contributed by atoms with Gasteiger partial charge in [-0.15, -0.1) is 0 Å². The van der Waals surface area contributed by atoms with E-state index in [0.29, 0.717) is 48.5 Å². The highest BCUT2D eigenvalue weighted by Gasteiger charge is 2.14. The van der Waals surface area contributed by atoms with Crippen molar-refractivity contribution in [2.24, 2.45) is 5.92 Å². The Morgan fingerprint density at radius 3 is 2.50 bits per heavy atom. The zero-order valence-electron chi connectivity index (χ0n) is 16.9. The monoisotopic (exact) mass is 449 g/mol. The molecular formula is C22H28BrNO4. The summed E-state index contributed by atoms with van der Waals surface area (Å²) in [5.74, 6) is 2.33. The summed E-state index contributed by atoms with van der Waals surface area (Å²) in [5, 5.41) is 2.93. The van der Waals surface area contributed by atoms with Crippen LogP contribution in [0.25, 0.3) is 0 Å². The molecule has 0 saturated heterocycles. The second-order valence-corrected chi connectivity index (χ2v) is 7.69. The minimum atomic E-state index is -0.194. The Bertz CT molecular complexity index is 792. The molecule has 0 spiro atoms. The van der Waals surface area contributed by atoms with Crippen molar-refractivity contribution in [1.82, 2.24) is 5.32 Å². The summed E-state index contributed by atoms with van der Waals surface area (Å²) in [7, 11) is 1.61. The molecule has 2 rings (SSSR count). The van der Waals surface area contributed by atoms with E-state index in [4.69, 9.17) is 14.2 Å². The molecule has 2 aromatic rings.